The van der Waals surface area contributed by atoms with E-state index in [-0.39, 0.29) is 32.7 Å². The number of rotatable bonds is 2. The Bertz CT molecular complexity index is 251. The molecule has 0 aromatic heterocycles. The van der Waals surface area contributed by atoms with E-state index < -0.39 is 0 Å². The Morgan fingerprint density at radius 1 is 1.46 bits per heavy atom. The Morgan fingerprint density at radius 3 is 2.62 bits per heavy atom. The van der Waals surface area contributed by atoms with Crippen LogP contribution in [0.2, 0.25) is 0 Å². The topological polar surface area (TPSA) is 3.24 Å². The summed E-state index contributed by atoms with van der Waals surface area (Å²) < 4.78 is 0. The van der Waals surface area contributed by atoms with E-state index in [0.29, 0.717) is 0 Å². The van der Waals surface area contributed by atoms with Crippen LogP contribution in [0.5, 0.6) is 0 Å². The van der Waals surface area contributed by atoms with E-state index in [9.17, 15) is 0 Å². The third-order valence-corrected chi connectivity index (χ3v) is 1.97. The van der Waals surface area contributed by atoms with Crippen molar-refractivity contribution in [3.8, 4) is 0 Å². The molecule has 0 atom stereocenters. The van der Waals surface area contributed by atoms with Gasteiger partial charge in [-0.1, -0.05) is 32.7 Å². The normalized spacial score (nSPS) is 16.2. The first-order chi connectivity index (χ1) is 5.65. The molecule has 0 fully saturated rings. The van der Waals surface area contributed by atoms with Gasteiger partial charge >= 0.3 is 0 Å². The van der Waals surface area contributed by atoms with Crippen LogP contribution in [-0.4, -0.2) is 11.4 Å². The minimum atomic E-state index is 0. The van der Waals surface area contributed by atoms with Gasteiger partial charge in [0.2, 0.25) is 0 Å². The molecule has 0 aromatic carbocycles. The average molecular weight is 251 g/mol. The number of hydrogen-bond donors (Lipinski definition) is 0. The molecule has 0 aromatic rings. The summed E-state index contributed by atoms with van der Waals surface area (Å²) in [5.74, 6) is 0. The first kappa shape index (κ1) is 13.1. The van der Waals surface area contributed by atoms with E-state index in [4.69, 9.17) is 0 Å². The van der Waals surface area contributed by atoms with Crippen LogP contribution in [0.25, 0.3) is 0 Å². The maximum atomic E-state index is 4.01. The summed E-state index contributed by atoms with van der Waals surface area (Å²) in [5, 5.41) is 0. The van der Waals surface area contributed by atoms with Gasteiger partial charge in [-0.25, -0.2) is 0 Å². The Labute approximate surface area is 106 Å². The van der Waals surface area contributed by atoms with Crippen molar-refractivity contribution in [2.45, 2.75) is 27.2 Å². The van der Waals surface area contributed by atoms with Crippen LogP contribution in [0, 0.1) is 6.20 Å². The van der Waals surface area contributed by atoms with Crippen molar-refractivity contribution in [1.29, 1.82) is 0 Å². The van der Waals surface area contributed by atoms with Gasteiger partial charge in [-0.05, 0) is 13.0 Å². The molecule has 69 valence electrons. The Balaban J connectivity index is 0.00000144. The van der Waals surface area contributed by atoms with Gasteiger partial charge in [0, 0.05) is 32.7 Å². The van der Waals surface area contributed by atoms with Crippen molar-refractivity contribution in [3.05, 3.63) is 35.7 Å². The summed E-state index contributed by atoms with van der Waals surface area (Å²) in [7, 11) is 0. The number of nitrogens with zero attached hydrogens (tertiary/aromatic N) is 1. The molecule has 1 aliphatic heterocycles. The molecule has 13 heavy (non-hydrogen) atoms. The maximum Gasteiger partial charge on any atom is 0 e. The first-order valence-electron chi connectivity index (χ1n) is 4.40. The van der Waals surface area contributed by atoms with Crippen molar-refractivity contribution < 1.29 is 32.7 Å². The smallest absolute Gasteiger partial charge is 0 e. The van der Waals surface area contributed by atoms with Crippen LogP contribution in [0.3, 0.4) is 0 Å². The second-order valence-electron chi connectivity index (χ2n) is 3.22. The van der Waals surface area contributed by atoms with Crippen molar-refractivity contribution in [2.24, 2.45) is 0 Å². The number of allylic oxidation sites excluding steroid dienone is 3. The molecule has 1 aliphatic rings. The minimum absolute atomic E-state index is 0. The second kappa shape index (κ2) is 5.77. The predicted octanol–water partition coefficient (Wildman–Crippen LogP) is 2.88. The molecule has 1 radical (unpaired) electrons. The first-order valence-corrected chi connectivity index (χ1v) is 4.40. The maximum absolute atomic E-state index is 4.01. The van der Waals surface area contributed by atoms with Gasteiger partial charge in [-0.2, -0.15) is 6.08 Å². The quantitative estimate of drug-likeness (QED) is 0.682. The van der Waals surface area contributed by atoms with Gasteiger partial charge < -0.3 is 4.90 Å². The van der Waals surface area contributed by atoms with E-state index >= 15 is 0 Å². The van der Waals surface area contributed by atoms with Gasteiger partial charge in [0.05, 0.1) is 0 Å². The summed E-state index contributed by atoms with van der Waals surface area (Å²) >= 11 is 0. The summed E-state index contributed by atoms with van der Waals surface area (Å²) in [6.45, 7) is 11.4. The van der Waals surface area contributed by atoms with E-state index in [1.54, 1.807) is 0 Å². The van der Waals surface area contributed by atoms with Crippen LogP contribution in [0.15, 0.2) is 29.5 Å². The molecular weight excluding hydrogens is 235 g/mol. The largest absolute Gasteiger partial charge is 0.455 e. The Kier molecular flexibility index (Phi) is 5.83. The SMILES string of the molecule is C=C1C(C)=CC(C)=[C-]N1CCC.[Y]. The zero-order valence-electron chi connectivity index (χ0n) is 8.72. The minimum Gasteiger partial charge on any atom is -0.455 e. The molecule has 1 nitrogen and oxygen atoms in total. The molecule has 0 saturated carbocycles. The van der Waals surface area contributed by atoms with Crippen LogP contribution in [0.1, 0.15) is 27.2 Å². The van der Waals surface area contributed by atoms with Crippen molar-refractivity contribution >= 4 is 0 Å². The molecule has 0 N–H and O–H groups in total. The summed E-state index contributed by atoms with van der Waals surface area (Å²) in [6.07, 6.45) is 6.52. The van der Waals surface area contributed by atoms with Crippen LogP contribution >= 0.6 is 0 Å². The molecule has 1 rings (SSSR count). The summed E-state index contributed by atoms with van der Waals surface area (Å²) in [4.78, 5) is 2.10. The van der Waals surface area contributed by atoms with E-state index in [0.717, 1.165) is 18.7 Å². The zero-order valence-corrected chi connectivity index (χ0v) is 11.6. The molecule has 0 aliphatic carbocycles. The second-order valence-corrected chi connectivity index (χ2v) is 3.22. The summed E-state index contributed by atoms with van der Waals surface area (Å²) in [5.41, 5.74) is 3.52. The third-order valence-electron chi connectivity index (χ3n) is 1.97. The molecule has 2 heteroatoms. The Hall–Kier alpha value is 0.124. The number of hydrogen-bond acceptors (Lipinski definition) is 1. The molecule has 0 amide bonds. The zero-order chi connectivity index (χ0) is 9.14. The molecule has 0 spiro atoms. The molecule has 0 bridgehead atoms. The van der Waals surface area contributed by atoms with E-state index in [1.807, 2.05) is 0 Å². The molecular formula is C11H16NY-. The van der Waals surface area contributed by atoms with Gasteiger partial charge in [-0.15, -0.1) is 17.7 Å². The van der Waals surface area contributed by atoms with Gasteiger partial charge in [0.15, 0.2) is 0 Å². The van der Waals surface area contributed by atoms with Crippen LogP contribution in [0.4, 0.5) is 0 Å². The Morgan fingerprint density at radius 2 is 2.08 bits per heavy atom. The predicted molar refractivity (Wildman–Crippen MR) is 52.3 cm³/mol. The van der Waals surface area contributed by atoms with E-state index in [2.05, 4.69) is 44.5 Å². The van der Waals surface area contributed by atoms with Crippen molar-refractivity contribution in [2.75, 3.05) is 6.54 Å². The monoisotopic (exact) mass is 251 g/mol. The fraction of sp³-hybridized carbons (Fsp3) is 0.455. The van der Waals surface area contributed by atoms with Crippen molar-refractivity contribution in [1.82, 2.24) is 4.90 Å². The van der Waals surface area contributed by atoms with Crippen LogP contribution in [-0.2, 0) is 32.7 Å². The standard InChI is InChI=1S/C11H16N.Y/c1-5-6-12-8-9(2)7-10(3)11(12)4;/h7H,4-6H2,1-3H3;/q-1;. The molecule has 0 saturated heterocycles. The molecule has 0 unspecified atom stereocenters. The fourth-order valence-corrected chi connectivity index (χ4v) is 1.35. The van der Waals surface area contributed by atoms with Crippen LogP contribution < -0.4 is 0 Å². The van der Waals surface area contributed by atoms with Crippen molar-refractivity contribution in [3.63, 3.8) is 0 Å². The van der Waals surface area contributed by atoms with Gasteiger partial charge in [0.1, 0.15) is 0 Å². The summed E-state index contributed by atoms with van der Waals surface area (Å²) in [6, 6.07) is 0. The molecule has 1 heterocycles. The third kappa shape index (κ3) is 3.40. The van der Waals surface area contributed by atoms with Gasteiger partial charge in [0.25, 0.3) is 0 Å². The van der Waals surface area contributed by atoms with E-state index in [1.165, 1.54) is 11.1 Å². The van der Waals surface area contributed by atoms with Gasteiger partial charge in [-0.3, -0.25) is 0 Å². The fourth-order valence-electron chi connectivity index (χ4n) is 1.35. The average Bonchev–Trinajstić information content (AvgIpc) is 2.00.